The second-order valence-corrected chi connectivity index (χ2v) is 5.73. The molecule has 5 heteroatoms. The summed E-state index contributed by atoms with van der Waals surface area (Å²) < 4.78 is 5.58. The molecule has 0 aliphatic heterocycles. The summed E-state index contributed by atoms with van der Waals surface area (Å²) in [7, 11) is 0. The van der Waals surface area contributed by atoms with E-state index in [4.69, 9.17) is 4.74 Å². The Morgan fingerprint density at radius 2 is 1.88 bits per heavy atom. The molecule has 126 valence electrons. The minimum absolute atomic E-state index is 0.151. The number of hydrogen-bond donors (Lipinski definition) is 1. The zero-order chi connectivity index (χ0) is 17.8. The minimum atomic E-state index is -0.478. The molecule has 0 aliphatic carbocycles. The summed E-state index contributed by atoms with van der Waals surface area (Å²) in [6.45, 7) is 3.23. The van der Waals surface area contributed by atoms with Crippen LogP contribution in [0, 0.1) is 0 Å². The molecule has 2 aromatic carbocycles. The Balaban J connectivity index is 1.81. The maximum Gasteiger partial charge on any atom is 0.358 e. The smallest absolute Gasteiger partial charge is 0.358 e. The third-order valence-corrected chi connectivity index (χ3v) is 3.83. The van der Waals surface area contributed by atoms with Gasteiger partial charge in [-0.15, -0.1) is 0 Å². The minimum Gasteiger partial charge on any atom is -0.453 e. The monoisotopic (exact) mass is 334 g/mol. The molecule has 0 saturated heterocycles. The number of ether oxygens (including phenoxy) is 1. The fourth-order valence-electron chi connectivity index (χ4n) is 2.64. The number of carbonyl (C=O) groups is 2. The van der Waals surface area contributed by atoms with Gasteiger partial charge in [-0.3, -0.25) is 4.79 Å². The van der Waals surface area contributed by atoms with E-state index in [0.29, 0.717) is 11.4 Å². The van der Waals surface area contributed by atoms with Gasteiger partial charge in [0, 0.05) is 24.2 Å². The van der Waals surface area contributed by atoms with Crippen molar-refractivity contribution in [3.63, 3.8) is 0 Å². The van der Waals surface area contributed by atoms with E-state index in [1.54, 1.807) is 31.3 Å². The fourth-order valence-corrected chi connectivity index (χ4v) is 2.64. The van der Waals surface area contributed by atoms with E-state index in [-0.39, 0.29) is 5.91 Å². The van der Waals surface area contributed by atoms with E-state index in [1.165, 1.54) is 6.92 Å². The number of amides is 1. The van der Waals surface area contributed by atoms with Crippen molar-refractivity contribution in [2.75, 3.05) is 5.32 Å². The summed E-state index contributed by atoms with van der Waals surface area (Å²) in [5, 5.41) is 4.41. The number of aromatic nitrogens is 1. The number of esters is 1. The van der Waals surface area contributed by atoms with Gasteiger partial charge in [0.15, 0.2) is 5.69 Å². The molecule has 1 heterocycles. The molecule has 1 amide bonds. The van der Waals surface area contributed by atoms with Crippen LogP contribution in [-0.2, 0) is 9.53 Å². The summed E-state index contributed by atoms with van der Waals surface area (Å²) in [6.07, 6.45) is 1.13. The average molecular weight is 334 g/mol. The molecule has 0 saturated carbocycles. The summed E-state index contributed by atoms with van der Waals surface area (Å²) in [5.74, 6) is -0.629. The van der Waals surface area contributed by atoms with Gasteiger partial charge in [0.05, 0.1) is 0 Å². The Morgan fingerprint density at radius 1 is 1.08 bits per heavy atom. The largest absolute Gasteiger partial charge is 0.453 e. The van der Waals surface area contributed by atoms with Crippen LogP contribution in [0.25, 0.3) is 10.8 Å². The van der Waals surface area contributed by atoms with Crippen molar-refractivity contribution in [1.82, 2.24) is 4.98 Å². The van der Waals surface area contributed by atoms with Gasteiger partial charge in [-0.05, 0) is 36.1 Å². The molecule has 0 radical (unpaired) electrons. The molecule has 0 aliphatic rings. The van der Waals surface area contributed by atoms with Crippen molar-refractivity contribution in [3.8, 4) is 0 Å². The van der Waals surface area contributed by atoms with Gasteiger partial charge >= 0.3 is 5.97 Å². The molecule has 1 atom stereocenters. The first kappa shape index (κ1) is 16.6. The van der Waals surface area contributed by atoms with Gasteiger partial charge in [0.2, 0.25) is 5.91 Å². The average Bonchev–Trinajstić information content (AvgIpc) is 2.60. The van der Waals surface area contributed by atoms with Crippen LogP contribution in [0.5, 0.6) is 0 Å². The highest BCUT2D eigenvalue weighted by Crippen LogP contribution is 2.23. The molecule has 0 fully saturated rings. The van der Waals surface area contributed by atoms with Gasteiger partial charge in [-0.1, -0.05) is 36.4 Å². The summed E-state index contributed by atoms with van der Waals surface area (Å²) in [5.41, 5.74) is 1.75. The van der Waals surface area contributed by atoms with E-state index in [0.717, 1.165) is 16.3 Å². The standard InChI is InChI=1S/C20H18N2O3/c1-13(16-7-5-8-17(12-16)22-14(2)23)25-20(24)19-18-9-4-3-6-15(18)10-11-21-19/h3-13H,1-2H3,(H,22,23). The van der Waals surface area contributed by atoms with Crippen LogP contribution in [-0.4, -0.2) is 16.9 Å². The van der Waals surface area contributed by atoms with Crippen LogP contribution in [0.1, 0.15) is 36.0 Å². The summed E-state index contributed by atoms with van der Waals surface area (Å²) >= 11 is 0. The highest BCUT2D eigenvalue weighted by Gasteiger charge is 2.17. The second-order valence-electron chi connectivity index (χ2n) is 5.73. The van der Waals surface area contributed by atoms with Gasteiger partial charge < -0.3 is 10.1 Å². The van der Waals surface area contributed by atoms with Crippen molar-refractivity contribution in [2.24, 2.45) is 0 Å². The van der Waals surface area contributed by atoms with E-state index < -0.39 is 12.1 Å². The molecular weight excluding hydrogens is 316 g/mol. The molecular formula is C20H18N2O3. The fraction of sp³-hybridized carbons (Fsp3) is 0.150. The number of benzene rings is 2. The number of hydrogen-bond acceptors (Lipinski definition) is 4. The number of pyridine rings is 1. The van der Waals surface area contributed by atoms with E-state index in [2.05, 4.69) is 10.3 Å². The molecule has 1 aromatic heterocycles. The van der Waals surface area contributed by atoms with Crippen molar-refractivity contribution in [3.05, 3.63) is 72.1 Å². The third-order valence-electron chi connectivity index (χ3n) is 3.83. The van der Waals surface area contributed by atoms with Crippen LogP contribution >= 0.6 is 0 Å². The van der Waals surface area contributed by atoms with Gasteiger partial charge in [-0.25, -0.2) is 9.78 Å². The van der Waals surface area contributed by atoms with E-state index in [9.17, 15) is 9.59 Å². The van der Waals surface area contributed by atoms with Crippen molar-refractivity contribution < 1.29 is 14.3 Å². The van der Waals surface area contributed by atoms with Crippen LogP contribution in [0.3, 0.4) is 0 Å². The zero-order valence-corrected chi connectivity index (χ0v) is 14.0. The topological polar surface area (TPSA) is 68.3 Å². The van der Waals surface area contributed by atoms with Crippen LogP contribution in [0.2, 0.25) is 0 Å². The lowest BCUT2D eigenvalue weighted by Gasteiger charge is -2.15. The number of carbonyl (C=O) groups excluding carboxylic acids is 2. The molecule has 0 spiro atoms. The highest BCUT2D eigenvalue weighted by atomic mass is 16.5. The normalized spacial score (nSPS) is 11.8. The molecule has 0 bridgehead atoms. The predicted octanol–water partition coefficient (Wildman–Crippen LogP) is 4.11. The quantitative estimate of drug-likeness (QED) is 0.729. The van der Waals surface area contributed by atoms with Crippen LogP contribution in [0.15, 0.2) is 60.8 Å². The van der Waals surface area contributed by atoms with Crippen LogP contribution in [0.4, 0.5) is 5.69 Å². The highest BCUT2D eigenvalue weighted by molar-refractivity contribution is 6.02. The van der Waals surface area contributed by atoms with Crippen LogP contribution < -0.4 is 5.32 Å². The number of nitrogens with zero attached hydrogens (tertiary/aromatic N) is 1. The number of rotatable bonds is 4. The first-order chi connectivity index (χ1) is 12.0. The maximum absolute atomic E-state index is 12.6. The Kier molecular flexibility index (Phi) is 4.75. The Bertz CT molecular complexity index is 932. The molecule has 3 aromatic rings. The van der Waals surface area contributed by atoms with Gasteiger partial charge in [-0.2, -0.15) is 0 Å². The molecule has 3 rings (SSSR count). The molecule has 5 nitrogen and oxygen atoms in total. The van der Waals surface area contributed by atoms with Crippen molar-refractivity contribution in [1.29, 1.82) is 0 Å². The molecule has 25 heavy (non-hydrogen) atoms. The SMILES string of the molecule is CC(=O)Nc1cccc(C(C)OC(=O)c2nccc3ccccc23)c1. The lowest BCUT2D eigenvalue weighted by molar-refractivity contribution is -0.114. The Hall–Kier alpha value is -3.21. The summed E-state index contributed by atoms with van der Waals surface area (Å²) in [4.78, 5) is 27.9. The maximum atomic E-state index is 12.6. The molecule has 1 unspecified atom stereocenters. The number of fused-ring (bicyclic) bond motifs is 1. The first-order valence-electron chi connectivity index (χ1n) is 7.97. The van der Waals surface area contributed by atoms with E-state index in [1.807, 2.05) is 36.4 Å². The summed E-state index contributed by atoms with van der Waals surface area (Å²) in [6, 6.07) is 16.6. The van der Waals surface area contributed by atoms with E-state index >= 15 is 0 Å². The van der Waals surface area contributed by atoms with Gasteiger partial charge in [0.25, 0.3) is 0 Å². The lowest BCUT2D eigenvalue weighted by Crippen LogP contribution is -2.12. The van der Waals surface area contributed by atoms with Crippen molar-refractivity contribution >= 4 is 28.3 Å². The lowest BCUT2D eigenvalue weighted by atomic mass is 10.1. The predicted molar refractivity (Wildman–Crippen MR) is 96.3 cm³/mol. The zero-order valence-electron chi connectivity index (χ0n) is 14.0. The number of anilines is 1. The van der Waals surface area contributed by atoms with Gasteiger partial charge in [0.1, 0.15) is 6.10 Å². The van der Waals surface area contributed by atoms with Crippen molar-refractivity contribution in [2.45, 2.75) is 20.0 Å². The second kappa shape index (κ2) is 7.13. The Morgan fingerprint density at radius 3 is 2.68 bits per heavy atom. The first-order valence-corrected chi connectivity index (χ1v) is 7.97. The molecule has 1 N–H and O–H groups in total. The number of nitrogens with one attached hydrogen (secondary N) is 1. The Labute approximate surface area is 145 Å². The third kappa shape index (κ3) is 3.83.